The monoisotopic (exact) mass is 286 g/mol. The van der Waals surface area contributed by atoms with Crippen LogP contribution in [-0.2, 0) is 16.0 Å². The van der Waals surface area contributed by atoms with E-state index in [1.807, 2.05) is 19.1 Å². The van der Waals surface area contributed by atoms with Crippen LogP contribution in [0.2, 0.25) is 0 Å². The average Bonchev–Trinajstić information content (AvgIpc) is 2.52. The predicted molar refractivity (Wildman–Crippen MR) is 83.7 cm³/mol. The number of rotatable bonds is 4. The van der Waals surface area contributed by atoms with Crippen molar-refractivity contribution in [1.29, 1.82) is 0 Å². The van der Waals surface area contributed by atoms with Gasteiger partial charge in [-0.15, -0.1) is 0 Å². The average molecular weight is 286 g/mol. The lowest BCUT2D eigenvalue weighted by molar-refractivity contribution is -0.140. The van der Waals surface area contributed by atoms with Crippen LogP contribution in [0.3, 0.4) is 0 Å². The third-order valence-electron chi connectivity index (χ3n) is 3.81. The summed E-state index contributed by atoms with van der Waals surface area (Å²) in [5, 5.41) is 2.80. The molecule has 1 saturated heterocycles. The smallest absolute Gasteiger partial charge is 0.247 e. The number of nitrogens with zero attached hydrogens (tertiary/aromatic N) is 1. The van der Waals surface area contributed by atoms with Crippen molar-refractivity contribution < 1.29 is 9.59 Å². The van der Waals surface area contributed by atoms with Crippen molar-refractivity contribution in [2.24, 2.45) is 0 Å². The molecule has 2 amide bonds. The second-order valence-electron chi connectivity index (χ2n) is 5.18. The van der Waals surface area contributed by atoms with E-state index in [1.54, 1.807) is 17.1 Å². The second-order valence-corrected chi connectivity index (χ2v) is 5.18. The fourth-order valence-corrected chi connectivity index (χ4v) is 2.51. The Hall–Kier alpha value is -2.10. The van der Waals surface area contributed by atoms with Crippen molar-refractivity contribution in [3.05, 3.63) is 41.5 Å². The Morgan fingerprint density at radius 1 is 1.33 bits per heavy atom. The Bertz CT molecular complexity index is 534. The first kappa shape index (κ1) is 15.3. The van der Waals surface area contributed by atoms with Gasteiger partial charge in [-0.1, -0.05) is 38.1 Å². The molecule has 4 nitrogen and oxygen atoms in total. The molecule has 2 rings (SSSR count). The van der Waals surface area contributed by atoms with E-state index in [2.05, 4.69) is 24.4 Å². The van der Waals surface area contributed by atoms with Gasteiger partial charge in [-0.3, -0.25) is 9.59 Å². The SMILES string of the molecule is CCc1ccc(C=CC(=O)N2CCNC(=O)C2CC)cc1. The van der Waals surface area contributed by atoms with Gasteiger partial charge in [0.2, 0.25) is 11.8 Å². The number of amides is 2. The van der Waals surface area contributed by atoms with Crippen molar-refractivity contribution in [3.63, 3.8) is 0 Å². The molecule has 0 spiro atoms. The van der Waals surface area contributed by atoms with Crippen LogP contribution >= 0.6 is 0 Å². The molecule has 1 heterocycles. The highest BCUT2D eigenvalue weighted by atomic mass is 16.2. The zero-order valence-electron chi connectivity index (χ0n) is 12.6. The van der Waals surface area contributed by atoms with Gasteiger partial charge in [-0.2, -0.15) is 0 Å². The molecular weight excluding hydrogens is 264 g/mol. The number of benzene rings is 1. The van der Waals surface area contributed by atoms with Gasteiger partial charge in [0, 0.05) is 19.2 Å². The summed E-state index contributed by atoms with van der Waals surface area (Å²) >= 11 is 0. The van der Waals surface area contributed by atoms with Gasteiger partial charge in [-0.25, -0.2) is 0 Å². The molecule has 1 aliphatic heterocycles. The molecule has 1 aromatic carbocycles. The minimum Gasteiger partial charge on any atom is -0.353 e. The van der Waals surface area contributed by atoms with E-state index < -0.39 is 0 Å². The summed E-state index contributed by atoms with van der Waals surface area (Å²) in [4.78, 5) is 25.7. The molecule has 1 N–H and O–H groups in total. The predicted octanol–water partition coefficient (Wildman–Crippen LogP) is 2.00. The lowest BCUT2D eigenvalue weighted by Crippen LogP contribution is -2.56. The third kappa shape index (κ3) is 3.72. The number of carbonyl (C=O) groups is 2. The van der Waals surface area contributed by atoms with E-state index in [0.29, 0.717) is 19.5 Å². The van der Waals surface area contributed by atoms with Gasteiger partial charge < -0.3 is 10.2 Å². The Morgan fingerprint density at radius 3 is 2.67 bits per heavy atom. The lowest BCUT2D eigenvalue weighted by Gasteiger charge is -2.33. The zero-order chi connectivity index (χ0) is 15.2. The zero-order valence-corrected chi connectivity index (χ0v) is 12.6. The van der Waals surface area contributed by atoms with Crippen molar-refractivity contribution in [1.82, 2.24) is 10.2 Å². The Morgan fingerprint density at radius 2 is 2.05 bits per heavy atom. The Labute approximate surface area is 125 Å². The van der Waals surface area contributed by atoms with Crippen molar-refractivity contribution >= 4 is 17.9 Å². The third-order valence-corrected chi connectivity index (χ3v) is 3.81. The quantitative estimate of drug-likeness (QED) is 0.861. The van der Waals surface area contributed by atoms with E-state index in [0.717, 1.165) is 12.0 Å². The van der Waals surface area contributed by atoms with Gasteiger partial charge in [0.05, 0.1) is 0 Å². The Balaban J connectivity index is 2.05. The maximum atomic E-state index is 12.3. The van der Waals surface area contributed by atoms with Crippen LogP contribution in [0.5, 0.6) is 0 Å². The second kappa shape index (κ2) is 7.07. The van der Waals surface area contributed by atoms with Crippen molar-refractivity contribution in [3.8, 4) is 0 Å². The lowest BCUT2D eigenvalue weighted by atomic mass is 10.1. The molecule has 1 fully saturated rings. The van der Waals surface area contributed by atoms with E-state index in [-0.39, 0.29) is 17.9 Å². The highest BCUT2D eigenvalue weighted by Crippen LogP contribution is 2.11. The fourth-order valence-electron chi connectivity index (χ4n) is 2.51. The van der Waals surface area contributed by atoms with Crippen LogP contribution in [0.25, 0.3) is 6.08 Å². The summed E-state index contributed by atoms with van der Waals surface area (Å²) in [6, 6.07) is 7.78. The maximum Gasteiger partial charge on any atom is 0.247 e. The van der Waals surface area contributed by atoms with E-state index in [1.165, 1.54) is 5.56 Å². The summed E-state index contributed by atoms with van der Waals surface area (Å²) in [5.74, 6) is -0.158. The highest BCUT2D eigenvalue weighted by molar-refractivity contribution is 5.96. The standard InChI is InChI=1S/C17H22N2O2/c1-3-13-5-7-14(8-6-13)9-10-16(20)19-12-11-18-17(21)15(19)4-2/h5-10,15H,3-4,11-12H2,1-2H3,(H,18,21). The van der Waals surface area contributed by atoms with Gasteiger partial charge in [0.25, 0.3) is 0 Å². The topological polar surface area (TPSA) is 49.4 Å². The molecule has 4 heteroatoms. The van der Waals surface area contributed by atoms with Crippen LogP contribution in [0, 0.1) is 0 Å². The number of piperazine rings is 1. The summed E-state index contributed by atoms with van der Waals surface area (Å²) in [5.41, 5.74) is 2.27. The molecule has 0 saturated carbocycles. The van der Waals surface area contributed by atoms with E-state index >= 15 is 0 Å². The minimum atomic E-state index is -0.349. The number of hydrogen-bond acceptors (Lipinski definition) is 2. The first-order valence-electron chi connectivity index (χ1n) is 7.51. The number of carbonyl (C=O) groups excluding carboxylic acids is 2. The molecule has 0 radical (unpaired) electrons. The molecule has 112 valence electrons. The summed E-state index contributed by atoms with van der Waals surface area (Å²) in [6.07, 6.45) is 5.00. The summed E-state index contributed by atoms with van der Waals surface area (Å²) in [7, 11) is 0. The highest BCUT2D eigenvalue weighted by Gasteiger charge is 2.30. The van der Waals surface area contributed by atoms with Crippen molar-refractivity contribution in [2.45, 2.75) is 32.7 Å². The van der Waals surface area contributed by atoms with Crippen LogP contribution in [0.4, 0.5) is 0 Å². The van der Waals surface area contributed by atoms with Crippen LogP contribution in [-0.4, -0.2) is 35.8 Å². The number of hydrogen-bond donors (Lipinski definition) is 1. The molecule has 0 bridgehead atoms. The molecule has 1 aromatic rings. The molecule has 1 atom stereocenters. The molecule has 0 aliphatic carbocycles. The fraction of sp³-hybridized carbons (Fsp3) is 0.412. The Kier molecular flexibility index (Phi) is 5.14. The van der Waals surface area contributed by atoms with Gasteiger partial charge in [-0.05, 0) is 30.0 Å². The van der Waals surface area contributed by atoms with E-state index in [4.69, 9.17) is 0 Å². The first-order valence-corrected chi connectivity index (χ1v) is 7.51. The van der Waals surface area contributed by atoms with Gasteiger partial charge in [0.1, 0.15) is 6.04 Å². The number of aryl methyl sites for hydroxylation is 1. The maximum absolute atomic E-state index is 12.3. The molecule has 1 aliphatic rings. The van der Waals surface area contributed by atoms with Gasteiger partial charge >= 0.3 is 0 Å². The van der Waals surface area contributed by atoms with Crippen LogP contribution in [0.15, 0.2) is 30.3 Å². The van der Waals surface area contributed by atoms with Crippen LogP contribution in [0.1, 0.15) is 31.4 Å². The van der Waals surface area contributed by atoms with E-state index in [9.17, 15) is 9.59 Å². The molecule has 1 unspecified atom stereocenters. The summed E-state index contributed by atoms with van der Waals surface area (Å²) < 4.78 is 0. The normalized spacial score (nSPS) is 18.9. The van der Waals surface area contributed by atoms with Crippen LogP contribution < -0.4 is 5.32 Å². The number of nitrogens with one attached hydrogen (secondary N) is 1. The minimum absolute atomic E-state index is 0.0576. The van der Waals surface area contributed by atoms with Gasteiger partial charge in [0.15, 0.2) is 0 Å². The first-order chi connectivity index (χ1) is 10.2. The van der Waals surface area contributed by atoms with Crippen molar-refractivity contribution in [2.75, 3.05) is 13.1 Å². The molecular formula is C17H22N2O2. The summed E-state index contributed by atoms with van der Waals surface area (Å²) in [6.45, 7) is 5.13. The largest absolute Gasteiger partial charge is 0.353 e. The molecule has 0 aromatic heterocycles. The molecule has 21 heavy (non-hydrogen) atoms.